The molecule has 0 saturated carbocycles. The fourth-order valence-electron chi connectivity index (χ4n) is 1.57. The first kappa shape index (κ1) is 12.3. The Morgan fingerprint density at radius 3 is 2.94 bits per heavy atom. The predicted molar refractivity (Wildman–Crippen MR) is 62.8 cm³/mol. The Hall–Kier alpha value is -2.21. The van der Waals surface area contributed by atoms with Crippen LogP contribution in [-0.4, -0.2) is 27.8 Å². The molecule has 0 radical (unpaired) electrons. The van der Waals surface area contributed by atoms with Crippen LogP contribution in [0.4, 0.5) is 4.39 Å². The second kappa shape index (κ2) is 4.97. The van der Waals surface area contributed by atoms with E-state index in [9.17, 15) is 9.18 Å². The number of aliphatic hydroxyl groups is 1. The van der Waals surface area contributed by atoms with E-state index in [0.717, 1.165) is 0 Å². The fraction of sp³-hybridized carbons (Fsp3) is 0.167. The number of hydrogen-bond acceptors (Lipinski definition) is 3. The van der Waals surface area contributed by atoms with Crippen LogP contribution < -0.4 is 5.32 Å². The van der Waals surface area contributed by atoms with Crippen molar-refractivity contribution in [3.8, 4) is 5.69 Å². The highest BCUT2D eigenvalue weighted by atomic mass is 19.1. The van der Waals surface area contributed by atoms with Gasteiger partial charge in [-0.1, -0.05) is 0 Å². The number of aromatic nitrogens is 2. The van der Waals surface area contributed by atoms with E-state index >= 15 is 0 Å². The molecule has 2 aromatic rings. The lowest BCUT2D eigenvalue weighted by Gasteiger charge is -2.04. The van der Waals surface area contributed by atoms with E-state index in [0.29, 0.717) is 11.3 Å². The average molecular weight is 249 g/mol. The second-order valence-electron chi connectivity index (χ2n) is 3.70. The van der Waals surface area contributed by atoms with Crippen LogP contribution >= 0.6 is 0 Å². The van der Waals surface area contributed by atoms with Crippen molar-refractivity contribution in [1.29, 1.82) is 0 Å². The standard InChI is InChI=1S/C12H12FN3O2/c1-14-12(18)11-2-3-16(15-11)10-5-8(7-17)4-9(13)6-10/h2-6,17H,7H2,1H3,(H,14,18). The molecule has 1 aromatic carbocycles. The Labute approximate surface area is 103 Å². The molecule has 0 saturated heterocycles. The molecular formula is C12H12FN3O2. The molecule has 1 amide bonds. The first-order valence-electron chi connectivity index (χ1n) is 5.32. The lowest BCUT2D eigenvalue weighted by Crippen LogP contribution is -2.18. The van der Waals surface area contributed by atoms with Gasteiger partial charge in [0.05, 0.1) is 12.3 Å². The number of nitrogens with zero attached hydrogens (tertiary/aromatic N) is 2. The molecule has 0 atom stereocenters. The summed E-state index contributed by atoms with van der Waals surface area (Å²) >= 11 is 0. The van der Waals surface area contributed by atoms with Crippen molar-refractivity contribution in [3.05, 3.63) is 47.5 Å². The Bertz CT molecular complexity index is 580. The van der Waals surface area contributed by atoms with Gasteiger partial charge in [0.15, 0.2) is 5.69 Å². The van der Waals surface area contributed by atoms with E-state index in [2.05, 4.69) is 10.4 Å². The third-order valence-electron chi connectivity index (χ3n) is 2.44. The largest absolute Gasteiger partial charge is 0.392 e. The summed E-state index contributed by atoms with van der Waals surface area (Å²) in [5.41, 5.74) is 1.14. The van der Waals surface area contributed by atoms with E-state index < -0.39 is 5.82 Å². The summed E-state index contributed by atoms with van der Waals surface area (Å²) in [4.78, 5) is 11.3. The number of halogens is 1. The van der Waals surface area contributed by atoms with Gasteiger partial charge in [-0.2, -0.15) is 5.10 Å². The molecule has 2 rings (SSSR count). The fourth-order valence-corrected chi connectivity index (χ4v) is 1.57. The van der Waals surface area contributed by atoms with Crippen LogP contribution in [0, 0.1) is 5.82 Å². The molecule has 0 bridgehead atoms. The minimum absolute atomic E-state index is 0.243. The third-order valence-corrected chi connectivity index (χ3v) is 2.44. The normalized spacial score (nSPS) is 10.4. The zero-order chi connectivity index (χ0) is 13.1. The van der Waals surface area contributed by atoms with Crippen molar-refractivity contribution in [3.63, 3.8) is 0 Å². The third kappa shape index (κ3) is 2.38. The molecule has 1 heterocycles. The van der Waals surface area contributed by atoms with Crippen LogP contribution in [0.1, 0.15) is 16.1 Å². The SMILES string of the molecule is CNC(=O)c1ccn(-c2cc(F)cc(CO)c2)n1. The molecule has 0 aliphatic rings. The molecule has 2 N–H and O–H groups in total. The summed E-state index contributed by atoms with van der Waals surface area (Å²) in [7, 11) is 1.51. The van der Waals surface area contributed by atoms with Crippen LogP contribution in [-0.2, 0) is 6.61 Å². The molecule has 0 aliphatic carbocycles. The molecule has 0 fully saturated rings. The predicted octanol–water partition coefficient (Wildman–Crippen LogP) is 0.863. The van der Waals surface area contributed by atoms with Crippen LogP contribution in [0.15, 0.2) is 30.5 Å². The summed E-state index contributed by atoms with van der Waals surface area (Å²) in [5.74, 6) is -0.777. The number of aliphatic hydroxyl groups excluding tert-OH is 1. The summed E-state index contributed by atoms with van der Waals surface area (Å²) in [5, 5.41) is 15.5. The molecule has 0 unspecified atom stereocenters. The summed E-state index contributed by atoms with van der Waals surface area (Å²) in [6.07, 6.45) is 1.56. The molecule has 0 aliphatic heterocycles. The Balaban J connectivity index is 2.39. The topological polar surface area (TPSA) is 67.2 Å². The zero-order valence-electron chi connectivity index (χ0n) is 9.72. The molecule has 6 heteroatoms. The van der Waals surface area contributed by atoms with Crippen molar-refractivity contribution < 1.29 is 14.3 Å². The van der Waals surface area contributed by atoms with Crippen LogP contribution in [0.25, 0.3) is 5.69 Å². The molecule has 94 valence electrons. The van der Waals surface area contributed by atoms with Crippen molar-refractivity contribution in [2.24, 2.45) is 0 Å². The molecule has 1 aromatic heterocycles. The monoisotopic (exact) mass is 249 g/mol. The molecule has 5 nitrogen and oxygen atoms in total. The van der Waals surface area contributed by atoms with Gasteiger partial charge < -0.3 is 10.4 Å². The highest BCUT2D eigenvalue weighted by Gasteiger charge is 2.09. The van der Waals surface area contributed by atoms with Gasteiger partial charge >= 0.3 is 0 Å². The van der Waals surface area contributed by atoms with E-state index in [1.54, 1.807) is 12.3 Å². The lowest BCUT2D eigenvalue weighted by atomic mass is 10.2. The molecule has 18 heavy (non-hydrogen) atoms. The highest BCUT2D eigenvalue weighted by molar-refractivity contribution is 5.91. The maximum absolute atomic E-state index is 13.3. The van der Waals surface area contributed by atoms with Crippen LogP contribution in [0.2, 0.25) is 0 Å². The quantitative estimate of drug-likeness (QED) is 0.848. The number of amides is 1. The minimum Gasteiger partial charge on any atom is -0.392 e. The molecule has 0 spiro atoms. The zero-order valence-corrected chi connectivity index (χ0v) is 9.72. The maximum atomic E-state index is 13.3. The first-order valence-corrected chi connectivity index (χ1v) is 5.32. The van der Waals surface area contributed by atoms with Gasteiger partial charge in [-0.3, -0.25) is 4.79 Å². The number of rotatable bonds is 3. The lowest BCUT2D eigenvalue weighted by molar-refractivity contribution is 0.0957. The van der Waals surface area contributed by atoms with E-state index in [-0.39, 0.29) is 18.2 Å². The van der Waals surface area contributed by atoms with Gasteiger partial charge in [0, 0.05) is 13.2 Å². The first-order chi connectivity index (χ1) is 8.63. The number of benzene rings is 1. The Morgan fingerprint density at radius 2 is 2.28 bits per heavy atom. The van der Waals surface area contributed by atoms with Crippen LogP contribution in [0.3, 0.4) is 0 Å². The minimum atomic E-state index is -0.464. The number of nitrogens with one attached hydrogen (secondary N) is 1. The van der Waals surface area contributed by atoms with Crippen LogP contribution in [0.5, 0.6) is 0 Å². The average Bonchev–Trinajstić information content (AvgIpc) is 2.86. The van der Waals surface area contributed by atoms with Crippen molar-refractivity contribution in [1.82, 2.24) is 15.1 Å². The van der Waals surface area contributed by atoms with E-state index in [1.165, 1.54) is 29.9 Å². The van der Waals surface area contributed by atoms with Gasteiger partial charge in [-0.25, -0.2) is 9.07 Å². The van der Waals surface area contributed by atoms with Gasteiger partial charge in [0.1, 0.15) is 5.82 Å². The number of carbonyl (C=O) groups excluding carboxylic acids is 1. The van der Waals surface area contributed by atoms with Crippen molar-refractivity contribution in [2.75, 3.05) is 7.05 Å². The van der Waals surface area contributed by atoms with Gasteiger partial charge in [-0.15, -0.1) is 0 Å². The summed E-state index contributed by atoms with van der Waals surface area (Å²) < 4.78 is 14.7. The van der Waals surface area contributed by atoms with E-state index in [4.69, 9.17) is 5.11 Å². The van der Waals surface area contributed by atoms with E-state index in [1.807, 2.05) is 0 Å². The molecular weight excluding hydrogens is 237 g/mol. The van der Waals surface area contributed by atoms with Gasteiger partial charge in [-0.05, 0) is 29.8 Å². The smallest absolute Gasteiger partial charge is 0.271 e. The highest BCUT2D eigenvalue weighted by Crippen LogP contribution is 2.13. The van der Waals surface area contributed by atoms with Gasteiger partial charge in [0.25, 0.3) is 5.91 Å². The van der Waals surface area contributed by atoms with Crippen molar-refractivity contribution >= 4 is 5.91 Å². The second-order valence-corrected chi connectivity index (χ2v) is 3.70. The maximum Gasteiger partial charge on any atom is 0.271 e. The Morgan fingerprint density at radius 1 is 1.50 bits per heavy atom. The summed E-state index contributed by atoms with van der Waals surface area (Å²) in [6, 6.07) is 5.65. The Kier molecular flexibility index (Phi) is 3.38. The number of hydrogen-bond donors (Lipinski definition) is 2. The van der Waals surface area contributed by atoms with Gasteiger partial charge in [0.2, 0.25) is 0 Å². The summed E-state index contributed by atoms with van der Waals surface area (Å²) in [6.45, 7) is -0.256. The van der Waals surface area contributed by atoms with Crippen molar-refractivity contribution in [2.45, 2.75) is 6.61 Å². The number of carbonyl (C=O) groups is 1.